The zero-order valence-electron chi connectivity index (χ0n) is 18.1. The Hall–Kier alpha value is -3.83. The predicted molar refractivity (Wildman–Crippen MR) is 126 cm³/mol. The number of para-hydroxylation sites is 1. The number of carbonyl (C=O) groups excluding carboxylic acids is 1. The number of nitriles is 1. The highest BCUT2D eigenvalue weighted by molar-refractivity contribution is 7.92. The molecule has 1 N–H and O–H groups in total. The molecular formula is C25H23N3O4S. The van der Waals surface area contributed by atoms with Crippen LogP contribution in [0.2, 0.25) is 0 Å². The van der Waals surface area contributed by atoms with E-state index in [4.69, 9.17) is 10.00 Å². The summed E-state index contributed by atoms with van der Waals surface area (Å²) in [5.41, 5.74) is 3.30. The van der Waals surface area contributed by atoms with Crippen molar-refractivity contribution in [2.75, 3.05) is 22.8 Å². The highest BCUT2D eigenvalue weighted by Crippen LogP contribution is 2.33. The molecule has 1 amide bonds. The number of rotatable bonds is 6. The zero-order chi connectivity index (χ0) is 23.4. The van der Waals surface area contributed by atoms with Gasteiger partial charge in [-0.15, -0.1) is 0 Å². The van der Waals surface area contributed by atoms with Gasteiger partial charge in [0.05, 0.1) is 22.2 Å². The number of sulfonamides is 1. The lowest BCUT2D eigenvalue weighted by molar-refractivity contribution is -0.118. The summed E-state index contributed by atoms with van der Waals surface area (Å²) in [5.74, 6) is 0.0417. The summed E-state index contributed by atoms with van der Waals surface area (Å²) in [5, 5.41) is 11.6. The van der Waals surface area contributed by atoms with E-state index in [0.717, 1.165) is 24.1 Å². The Labute approximate surface area is 193 Å². The summed E-state index contributed by atoms with van der Waals surface area (Å²) in [6, 6.07) is 20.8. The number of hydrogen-bond donors (Lipinski definition) is 1. The minimum atomic E-state index is -3.72. The summed E-state index contributed by atoms with van der Waals surface area (Å²) >= 11 is 0. The van der Waals surface area contributed by atoms with Gasteiger partial charge in [-0.2, -0.15) is 5.26 Å². The van der Waals surface area contributed by atoms with Gasteiger partial charge in [-0.25, -0.2) is 8.42 Å². The minimum absolute atomic E-state index is 0.182. The van der Waals surface area contributed by atoms with Gasteiger partial charge in [0.2, 0.25) is 0 Å². The van der Waals surface area contributed by atoms with Gasteiger partial charge in [0.15, 0.2) is 6.61 Å². The molecule has 8 heteroatoms. The molecule has 0 aliphatic carbocycles. The van der Waals surface area contributed by atoms with Crippen LogP contribution in [0.4, 0.5) is 11.4 Å². The number of carbonyl (C=O) groups is 1. The number of nitrogens with zero attached hydrogens (tertiary/aromatic N) is 2. The number of benzene rings is 3. The molecule has 33 heavy (non-hydrogen) atoms. The van der Waals surface area contributed by atoms with E-state index in [1.807, 2.05) is 30.3 Å². The van der Waals surface area contributed by atoms with Gasteiger partial charge < -0.3 is 10.1 Å². The molecule has 0 saturated heterocycles. The van der Waals surface area contributed by atoms with E-state index in [2.05, 4.69) is 5.32 Å². The fourth-order valence-electron chi connectivity index (χ4n) is 3.83. The van der Waals surface area contributed by atoms with E-state index in [0.29, 0.717) is 29.1 Å². The van der Waals surface area contributed by atoms with E-state index in [1.54, 1.807) is 43.3 Å². The van der Waals surface area contributed by atoms with Crippen LogP contribution in [-0.2, 0) is 21.2 Å². The first-order chi connectivity index (χ1) is 15.9. The maximum atomic E-state index is 13.3. The average molecular weight is 462 g/mol. The molecule has 4 rings (SSSR count). The van der Waals surface area contributed by atoms with Crippen LogP contribution in [0.1, 0.15) is 23.1 Å². The van der Waals surface area contributed by atoms with E-state index < -0.39 is 10.0 Å². The summed E-state index contributed by atoms with van der Waals surface area (Å²) in [6.45, 7) is 1.93. The lowest BCUT2D eigenvalue weighted by atomic mass is 10.0. The molecule has 7 nitrogen and oxygen atoms in total. The van der Waals surface area contributed by atoms with Crippen molar-refractivity contribution in [2.45, 2.75) is 24.7 Å². The molecule has 0 spiro atoms. The van der Waals surface area contributed by atoms with Crippen molar-refractivity contribution in [1.29, 1.82) is 5.26 Å². The quantitative estimate of drug-likeness (QED) is 0.598. The summed E-state index contributed by atoms with van der Waals surface area (Å²) in [7, 11) is -3.72. The van der Waals surface area contributed by atoms with E-state index in [-0.39, 0.29) is 17.4 Å². The molecule has 1 heterocycles. The Morgan fingerprint density at radius 2 is 1.94 bits per heavy atom. The Balaban J connectivity index is 1.46. The van der Waals surface area contributed by atoms with Gasteiger partial charge in [-0.05, 0) is 73.4 Å². The maximum absolute atomic E-state index is 13.3. The predicted octanol–water partition coefficient (Wildman–Crippen LogP) is 4.03. The summed E-state index contributed by atoms with van der Waals surface area (Å²) < 4.78 is 33.7. The number of anilines is 2. The Morgan fingerprint density at radius 1 is 1.12 bits per heavy atom. The number of amides is 1. The molecule has 1 aliphatic heterocycles. The lowest BCUT2D eigenvalue weighted by Gasteiger charge is -2.30. The average Bonchev–Trinajstić information content (AvgIpc) is 2.83. The molecule has 0 fully saturated rings. The first-order valence-electron chi connectivity index (χ1n) is 10.5. The second-order valence-electron chi connectivity index (χ2n) is 7.77. The molecule has 0 saturated carbocycles. The van der Waals surface area contributed by atoms with E-state index in [1.165, 1.54) is 10.4 Å². The molecular weight excluding hydrogens is 438 g/mol. The van der Waals surface area contributed by atoms with Crippen molar-refractivity contribution in [1.82, 2.24) is 0 Å². The van der Waals surface area contributed by atoms with Crippen LogP contribution in [-0.4, -0.2) is 27.5 Å². The summed E-state index contributed by atoms with van der Waals surface area (Å²) in [6.07, 6.45) is 1.62. The standard InChI is InChI=1S/C25H23N3O4S/c1-18-14-22(33(30,31)28-13-5-8-20-7-2-3-10-23(20)28)11-12-24(18)32-17-25(29)27-21-9-4-6-19(15-21)16-26/h2-4,6-7,9-12,14-15H,5,8,13,17H2,1H3,(H,27,29). The smallest absolute Gasteiger partial charge is 0.264 e. The molecule has 0 bridgehead atoms. The molecule has 3 aromatic carbocycles. The van der Waals surface area contributed by atoms with Crippen LogP contribution < -0.4 is 14.4 Å². The Kier molecular flexibility index (Phi) is 6.33. The highest BCUT2D eigenvalue weighted by Gasteiger charge is 2.29. The number of nitrogens with one attached hydrogen (secondary N) is 1. The van der Waals surface area contributed by atoms with Gasteiger partial charge in [-0.3, -0.25) is 9.10 Å². The summed E-state index contributed by atoms with van der Waals surface area (Å²) in [4.78, 5) is 12.4. The topological polar surface area (TPSA) is 99.5 Å². The van der Waals surface area contributed by atoms with Crippen LogP contribution in [0, 0.1) is 18.3 Å². The van der Waals surface area contributed by atoms with Crippen molar-refractivity contribution in [3.63, 3.8) is 0 Å². The van der Waals surface area contributed by atoms with Crippen LogP contribution in [0.25, 0.3) is 0 Å². The highest BCUT2D eigenvalue weighted by atomic mass is 32.2. The van der Waals surface area contributed by atoms with Crippen LogP contribution in [0.3, 0.4) is 0 Å². The van der Waals surface area contributed by atoms with Crippen LogP contribution >= 0.6 is 0 Å². The van der Waals surface area contributed by atoms with Gasteiger partial charge in [-0.1, -0.05) is 24.3 Å². The monoisotopic (exact) mass is 461 g/mol. The van der Waals surface area contributed by atoms with Gasteiger partial charge in [0, 0.05) is 12.2 Å². The van der Waals surface area contributed by atoms with Crippen molar-refractivity contribution in [3.8, 4) is 11.8 Å². The number of aryl methyl sites for hydroxylation is 2. The molecule has 0 radical (unpaired) electrons. The molecule has 0 atom stereocenters. The Morgan fingerprint density at radius 3 is 2.73 bits per heavy atom. The van der Waals surface area contributed by atoms with Gasteiger partial charge in [0.25, 0.3) is 15.9 Å². The third kappa shape index (κ3) is 4.83. The first kappa shape index (κ1) is 22.4. The molecule has 0 aromatic heterocycles. The minimum Gasteiger partial charge on any atom is -0.483 e. The first-order valence-corrected chi connectivity index (χ1v) is 12.0. The van der Waals surface area contributed by atoms with Crippen molar-refractivity contribution in [2.24, 2.45) is 0 Å². The molecule has 0 unspecified atom stereocenters. The van der Waals surface area contributed by atoms with Crippen LogP contribution in [0.5, 0.6) is 5.75 Å². The number of ether oxygens (including phenoxy) is 1. The lowest BCUT2D eigenvalue weighted by Crippen LogP contribution is -2.35. The largest absolute Gasteiger partial charge is 0.483 e. The second-order valence-corrected chi connectivity index (χ2v) is 9.63. The normalized spacial score (nSPS) is 13.0. The van der Waals surface area contributed by atoms with Gasteiger partial charge >= 0.3 is 0 Å². The second kappa shape index (κ2) is 9.35. The Bertz CT molecular complexity index is 1350. The number of hydrogen-bond acceptors (Lipinski definition) is 5. The van der Waals surface area contributed by atoms with Gasteiger partial charge in [0.1, 0.15) is 5.75 Å². The fourth-order valence-corrected chi connectivity index (χ4v) is 5.45. The van der Waals surface area contributed by atoms with Crippen molar-refractivity contribution in [3.05, 3.63) is 83.4 Å². The van der Waals surface area contributed by atoms with Crippen molar-refractivity contribution < 1.29 is 17.9 Å². The van der Waals surface area contributed by atoms with Crippen LogP contribution in [0.15, 0.2) is 71.6 Å². The molecule has 3 aromatic rings. The van der Waals surface area contributed by atoms with Crippen molar-refractivity contribution >= 4 is 27.3 Å². The molecule has 1 aliphatic rings. The fraction of sp³-hybridized carbons (Fsp3) is 0.200. The maximum Gasteiger partial charge on any atom is 0.264 e. The third-order valence-corrected chi connectivity index (χ3v) is 7.25. The SMILES string of the molecule is Cc1cc(S(=O)(=O)N2CCCc3ccccc32)ccc1OCC(=O)Nc1cccc(C#N)c1. The van der Waals surface area contributed by atoms with E-state index in [9.17, 15) is 13.2 Å². The van der Waals surface area contributed by atoms with E-state index >= 15 is 0 Å². The number of fused-ring (bicyclic) bond motifs is 1. The third-order valence-electron chi connectivity index (χ3n) is 5.44. The molecule has 168 valence electrons. The zero-order valence-corrected chi connectivity index (χ0v) is 18.9.